The highest BCUT2D eigenvalue weighted by Crippen LogP contribution is 2.30. The van der Waals surface area contributed by atoms with Crippen molar-refractivity contribution in [3.05, 3.63) is 35.1 Å². The molecule has 1 aliphatic rings. The number of nitrogens with zero attached hydrogens (tertiary/aromatic N) is 1. The van der Waals surface area contributed by atoms with Crippen LogP contribution in [0.5, 0.6) is 0 Å². The second kappa shape index (κ2) is 7.86. The monoisotopic (exact) mass is 308 g/mol. The van der Waals surface area contributed by atoms with E-state index < -0.39 is 17.5 Å². The normalized spacial score (nSPS) is 17.6. The topological polar surface area (TPSA) is 15.3 Å². The van der Waals surface area contributed by atoms with Crippen LogP contribution >= 0.6 is 12.4 Å². The lowest BCUT2D eigenvalue weighted by Gasteiger charge is -2.35. The summed E-state index contributed by atoms with van der Waals surface area (Å²) in [5.41, 5.74) is 0.00477. The zero-order valence-corrected chi connectivity index (χ0v) is 12.3. The van der Waals surface area contributed by atoms with E-state index in [4.69, 9.17) is 0 Å². The van der Waals surface area contributed by atoms with Crippen LogP contribution in [-0.2, 0) is 0 Å². The number of rotatable bonds is 4. The van der Waals surface area contributed by atoms with Gasteiger partial charge in [0, 0.05) is 49.9 Å². The molecule has 2 rings (SSSR count). The van der Waals surface area contributed by atoms with Gasteiger partial charge in [-0.1, -0.05) is 13.3 Å². The van der Waals surface area contributed by atoms with E-state index in [0.717, 1.165) is 44.7 Å². The van der Waals surface area contributed by atoms with Crippen molar-refractivity contribution in [1.29, 1.82) is 0 Å². The van der Waals surface area contributed by atoms with Crippen molar-refractivity contribution in [2.75, 3.05) is 26.2 Å². The first-order chi connectivity index (χ1) is 9.13. The third-order valence-electron chi connectivity index (χ3n) is 3.53. The molecule has 0 bridgehead atoms. The predicted octanol–water partition coefficient (Wildman–Crippen LogP) is 3.27. The number of hydrogen-bond donors (Lipinski definition) is 1. The highest BCUT2D eigenvalue weighted by Gasteiger charge is 2.27. The van der Waals surface area contributed by atoms with Gasteiger partial charge in [0.1, 0.15) is 17.5 Å². The molecule has 20 heavy (non-hydrogen) atoms. The van der Waals surface area contributed by atoms with Gasteiger partial charge in [-0.2, -0.15) is 0 Å². The molecular weight excluding hydrogens is 289 g/mol. The third kappa shape index (κ3) is 3.87. The van der Waals surface area contributed by atoms with E-state index in [0.29, 0.717) is 6.42 Å². The maximum absolute atomic E-state index is 13.9. The average Bonchev–Trinajstić information content (AvgIpc) is 2.37. The van der Waals surface area contributed by atoms with Crippen LogP contribution in [0, 0.1) is 17.5 Å². The van der Waals surface area contributed by atoms with Gasteiger partial charge in [0.15, 0.2) is 0 Å². The molecule has 1 saturated heterocycles. The van der Waals surface area contributed by atoms with E-state index in [1.807, 2.05) is 6.92 Å². The predicted molar refractivity (Wildman–Crippen MR) is 75.7 cm³/mol. The Morgan fingerprint density at radius 3 is 2.20 bits per heavy atom. The largest absolute Gasteiger partial charge is 0.314 e. The Labute approximate surface area is 123 Å². The van der Waals surface area contributed by atoms with Crippen molar-refractivity contribution >= 4 is 12.4 Å². The van der Waals surface area contributed by atoms with Crippen LogP contribution in [0.25, 0.3) is 0 Å². The quantitative estimate of drug-likeness (QED) is 0.918. The first-order valence-corrected chi connectivity index (χ1v) is 6.72. The summed E-state index contributed by atoms with van der Waals surface area (Å²) < 4.78 is 40.8. The van der Waals surface area contributed by atoms with Crippen molar-refractivity contribution in [3.8, 4) is 0 Å². The molecule has 1 heterocycles. The first-order valence-electron chi connectivity index (χ1n) is 6.72. The van der Waals surface area contributed by atoms with Crippen LogP contribution in [0.3, 0.4) is 0 Å². The zero-order valence-electron chi connectivity index (χ0n) is 11.5. The Morgan fingerprint density at radius 1 is 1.15 bits per heavy atom. The Morgan fingerprint density at radius 2 is 1.70 bits per heavy atom. The molecule has 1 aromatic rings. The molecule has 114 valence electrons. The molecule has 6 heteroatoms. The maximum Gasteiger partial charge on any atom is 0.133 e. The lowest BCUT2D eigenvalue weighted by atomic mass is 9.98. The third-order valence-corrected chi connectivity index (χ3v) is 3.53. The van der Waals surface area contributed by atoms with Gasteiger partial charge in [-0.05, 0) is 6.42 Å². The van der Waals surface area contributed by atoms with Gasteiger partial charge in [-0.3, -0.25) is 4.90 Å². The summed E-state index contributed by atoms with van der Waals surface area (Å²) >= 11 is 0. The molecule has 0 unspecified atom stereocenters. The maximum atomic E-state index is 13.9. The van der Waals surface area contributed by atoms with Crippen molar-refractivity contribution in [2.45, 2.75) is 25.8 Å². The van der Waals surface area contributed by atoms with E-state index in [2.05, 4.69) is 10.2 Å². The molecular formula is C14H20ClF3N2. The highest BCUT2D eigenvalue weighted by molar-refractivity contribution is 5.85. The van der Waals surface area contributed by atoms with Crippen LogP contribution in [0.2, 0.25) is 0 Å². The lowest BCUT2D eigenvalue weighted by molar-refractivity contribution is 0.158. The molecule has 1 atom stereocenters. The van der Waals surface area contributed by atoms with Gasteiger partial charge < -0.3 is 5.32 Å². The molecule has 1 aliphatic heterocycles. The van der Waals surface area contributed by atoms with Crippen LogP contribution in [0.4, 0.5) is 13.2 Å². The Kier molecular flexibility index (Phi) is 6.79. The molecule has 1 aromatic carbocycles. The van der Waals surface area contributed by atoms with Crippen molar-refractivity contribution in [3.63, 3.8) is 0 Å². The second-order valence-corrected chi connectivity index (χ2v) is 4.87. The van der Waals surface area contributed by atoms with Crippen LogP contribution < -0.4 is 5.32 Å². The summed E-state index contributed by atoms with van der Waals surface area (Å²) in [7, 11) is 0. The van der Waals surface area contributed by atoms with Gasteiger partial charge in [-0.15, -0.1) is 12.4 Å². The molecule has 0 radical (unpaired) electrons. The first kappa shape index (κ1) is 17.3. The number of benzene rings is 1. The second-order valence-electron chi connectivity index (χ2n) is 4.87. The van der Waals surface area contributed by atoms with E-state index in [-0.39, 0.29) is 24.0 Å². The van der Waals surface area contributed by atoms with Gasteiger partial charge in [0.25, 0.3) is 0 Å². The summed E-state index contributed by atoms with van der Waals surface area (Å²) in [6, 6.07) is 1.22. The summed E-state index contributed by atoms with van der Waals surface area (Å²) in [5, 5.41) is 3.21. The fraction of sp³-hybridized carbons (Fsp3) is 0.571. The fourth-order valence-corrected chi connectivity index (χ4v) is 2.65. The minimum atomic E-state index is -0.866. The Balaban J connectivity index is 0.00000200. The average molecular weight is 309 g/mol. The van der Waals surface area contributed by atoms with Crippen molar-refractivity contribution < 1.29 is 13.2 Å². The minimum Gasteiger partial charge on any atom is -0.314 e. The molecule has 1 N–H and O–H groups in total. The molecule has 0 aliphatic carbocycles. The van der Waals surface area contributed by atoms with E-state index in [1.165, 1.54) is 0 Å². The standard InChI is InChI=1S/C14H19F3N2.ClH/c1-2-3-13(19-6-4-18-5-7-19)14-11(16)8-10(15)9-12(14)17;/h8-9,13,18H,2-7H2,1H3;1H/t13-;/m1./s1. The molecule has 0 aromatic heterocycles. The highest BCUT2D eigenvalue weighted by atomic mass is 35.5. The number of piperazine rings is 1. The van der Waals surface area contributed by atoms with E-state index >= 15 is 0 Å². The van der Waals surface area contributed by atoms with Gasteiger partial charge in [0.2, 0.25) is 0 Å². The van der Waals surface area contributed by atoms with Crippen LogP contribution in [-0.4, -0.2) is 31.1 Å². The fourth-order valence-electron chi connectivity index (χ4n) is 2.65. The molecule has 1 fully saturated rings. The molecule has 2 nitrogen and oxygen atoms in total. The van der Waals surface area contributed by atoms with Gasteiger partial charge in [0.05, 0.1) is 0 Å². The molecule has 0 amide bonds. The van der Waals surface area contributed by atoms with E-state index in [9.17, 15) is 13.2 Å². The number of hydrogen-bond acceptors (Lipinski definition) is 2. The zero-order chi connectivity index (χ0) is 13.8. The lowest BCUT2D eigenvalue weighted by Crippen LogP contribution is -2.45. The Bertz CT molecular complexity index is 413. The summed E-state index contributed by atoms with van der Waals surface area (Å²) in [5.74, 6) is -2.43. The SMILES string of the molecule is CCC[C@H](c1c(F)cc(F)cc1F)N1CCNCC1.Cl. The summed E-state index contributed by atoms with van der Waals surface area (Å²) in [4.78, 5) is 2.07. The molecule has 0 saturated carbocycles. The number of nitrogens with one attached hydrogen (secondary N) is 1. The van der Waals surface area contributed by atoms with Crippen molar-refractivity contribution in [2.24, 2.45) is 0 Å². The molecule has 0 spiro atoms. The van der Waals surface area contributed by atoms with Gasteiger partial charge in [-0.25, -0.2) is 13.2 Å². The number of halogens is 4. The minimum absolute atomic E-state index is 0. The van der Waals surface area contributed by atoms with Crippen LogP contribution in [0.1, 0.15) is 31.4 Å². The summed E-state index contributed by atoms with van der Waals surface area (Å²) in [6.07, 6.45) is 1.49. The van der Waals surface area contributed by atoms with Crippen LogP contribution in [0.15, 0.2) is 12.1 Å². The summed E-state index contributed by atoms with van der Waals surface area (Å²) in [6.45, 7) is 5.10. The Hall–Kier alpha value is -0.780. The van der Waals surface area contributed by atoms with Crippen molar-refractivity contribution in [1.82, 2.24) is 10.2 Å². The smallest absolute Gasteiger partial charge is 0.133 e. The van der Waals surface area contributed by atoms with E-state index in [1.54, 1.807) is 0 Å². The van der Waals surface area contributed by atoms with Gasteiger partial charge >= 0.3 is 0 Å².